The number of nitrogens with zero attached hydrogens (tertiary/aromatic N) is 4. The summed E-state index contributed by atoms with van der Waals surface area (Å²) >= 11 is 1.64. The first kappa shape index (κ1) is 14.9. The first-order chi connectivity index (χ1) is 11.7. The Morgan fingerprint density at radius 3 is 2.42 bits per heavy atom. The van der Waals surface area contributed by atoms with Crippen LogP contribution in [0.1, 0.15) is 10.4 Å². The number of primary amides is 1. The number of rotatable bonds is 3. The highest BCUT2D eigenvalue weighted by molar-refractivity contribution is 7.16. The van der Waals surface area contributed by atoms with E-state index in [0.717, 1.165) is 47.9 Å². The number of aromatic nitrogens is 2. The Morgan fingerprint density at radius 1 is 1.00 bits per heavy atom. The van der Waals surface area contributed by atoms with Crippen LogP contribution in [0, 0.1) is 0 Å². The van der Waals surface area contributed by atoms with Crippen molar-refractivity contribution in [3.8, 4) is 0 Å². The lowest BCUT2D eigenvalue weighted by Gasteiger charge is -2.37. The summed E-state index contributed by atoms with van der Waals surface area (Å²) in [4.78, 5) is 25.6. The molecule has 0 radical (unpaired) electrons. The maximum absolute atomic E-state index is 11.2. The normalized spacial score (nSPS) is 15.0. The molecule has 0 spiro atoms. The number of nitrogens with two attached hydrogens (primary N) is 1. The summed E-state index contributed by atoms with van der Waals surface area (Å²) in [5.41, 5.74) is 6.94. The highest BCUT2D eigenvalue weighted by Crippen LogP contribution is 2.28. The summed E-state index contributed by atoms with van der Waals surface area (Å²) in [6, 6.07) is 9.56. The summed E-state index contributed by atoms with van der Waals surface area (Å²) in [6.45, 7) is 3.62. The zero-order chi connectivity index (χ0) is 16.5. The Morgan fingerprint density at radius 2 is 1.71 bits per heavy atom. The van der Waals surface area contributed by atoms with Gasteiger partial charge in [-0.1, -0.05) is 0 Å². The number of carbonyl (C=O) groups is 1. The second kappa shape index (κ2) is 6.09. The van der Waals surface area contributed by atoms with E-state index in [1.54, 1.807) is 29.8 Å². The van der Waals surface area contributed by atoms with Gasteiger partial charge in [0, 0.05) is 37.4 Å². The lowest BCUT2D eigenvalue weighted by Crippen LogP contribution is -2.46. The van der Waals surface area contributed by atoms with E-state index in [1.807, 2.05) is 12.1 Å². The molecule has 3 aromatic rings. The Kier molecular flexibility index (Phi) is 3.78. The molecule has 122 valence electrons. The Bertz CT molecular complexity index is 868. The monoisotopic (exact) mass is 339 g/mol. The van der Waals surface area contributed by atoms with Crippen LogP contribution in [-0.2, 0) is 0 Å². The van der Waals surface area contributed by atoms with Gasteiger partial charge in [-0.25, -0.2) is 9.97 Å². The van der Waals surface area contributed by atoms with Crippen molar-refractivity contribution in [3.63, 3.8) is 0 Å². The molecule has 1 aliphatic rings. The van der Waals surface area contributed by atoms with Gasteiger partial charge in [-0.2, -0.15) is 0 Å². The average molecular weight is 339 g/mol. The first-order valence-corrected chi connectivity index (χ1v) is 8.68. The minimum Gasteiger partial charge on any atom is -0.368 e. The molecule has 1 aliphatic heterocycles. The van der Waals surface area contributed by atoms with Gasteiger partial charge in [0.15, 0.2) is 0 Å². The van der Waals surface area contributed by atoms with Crippen LogP contribution in [0.25, 0.3) is 10.2 Å². The maximum Gasteiger partial charge on any atom is 0.248 e. The van der Waals surface area contributed by atoms with E-state index < -0.39 is 5.91 Å². The highest BCUT2D eigenvalue weighted by Gasteiger charge is 2.20. The van der Waals surface area contributed by atoms with Crippen LogP contribution in [0.2, 0.25) is 0 Å². The molecule has 0 saturated carbocycles. The van der Waals surface area contributed by atoms with Crippen molar-refractivity contribution < 1.29 is 4.79 Å². The second-order valence-corrected chi connectivity index (χ2v) is 6.62. The molecule has 0 atom stereocenters. The van der Waals surface area contributed by atoms with E-state index in [-0.39, 0.29) is 0 Å². The van der Waals surface area contributed by atoms with Gasteiger partial charge < -0.3 is 15.5 Å². The summed E-state index contributed by atoms with van der Waals surface area (Å²) in [7, 11) is 0. The van der Waals surface area contributed by atoms with Crippen molar-refractivity contribution in [2.24, 2.45) is 5.73 Å². The zero-order valence-corrected chi connectivity index (χ0v) is 13.9. The third-order valence-corrected chi connectivity index (χ3v) is 5.16. The fourth-order valence-electron chi connectivity index (χ4n) is 3.04. The predicted molar refractivity (Wildman–Crippen MR) is 96.8 cm³/mol. The molecule has 1 fully saturated rings. The molecule has 1 saturated heterocycles. The van der Waals surface area contributed by atoms with E-state index >= 15 is 0 Å². The van der Waals surface area contributed by atoms with Crippen LogP contribution in [0.15, 0.2) is 42.0 Å². The van der Waals surface area contributed by atoms with E-state index in [9.17, 15) is 4.79 Å². The molecule has 2 aromatic heterocycles. The van der Waals surface area contributed by atoms with Crippen molar-refractivity contribution in [2.75, 3.05) is 36.0 Å². The summed E-state index contributed by atoms with van der Waals surface area (Å²) < 4.78 is 0. The van der Waals surface area contributed by atoms with Gasteiger partial charge in [0.05, 0.1) is 5.39 Å². The van der Waals surface area contributed by atoms with Gasteiger partial charge in [-0.05, 0) is 35.7 Å². The Labute approximate surface area is 143 Å². The lowest BCUT2D eigenvalue weighted by atomic mass is 10.1. The number of fused-ring (bicyclic) bond motifs is 1. The van der Waals surface area contributed by atoms with Gasteiger partial charge in [0.1, 0.15) is 17.0 Å². The van der Waals surface area contributed by atoms with Crippen molar-refractivity contribution in [3.05, 3.63) is 47.6 Å². The number of hydrogen-bond donors (Lipinski definition) is 1. The number of benzene rings is 1. The van der Waals surface area contributed by atoms with Gasteiger partial charge in [-0.3, -0.25) is 4.79 Å². The predicted octanol–water partition coefficient (Wildman–Crippen LogP) is 2.12. The molecular formula is C17H17N5OS. The summed E-state index contributed by atoms with van der Waals surface area (Å²) in [5.74, 6) is 0.625. The maximum atomic E-state index is 11.2. The van der Waals surface area contributed by atoms with E-state index in [1.165, 1.54) is 0 Å². The van der Waals surface area contributed by atoms with Crippen molar-refractivity contribution in [2.45, 2.75) is 0 Å². The largest absolute Gasteiger partial charge is 0.368 e. The van der Waals surface area contributed by atoms with Crippen LogP contribution < -0.4 is 15.5 Å². The highest BCUT2D eigenvalue weighted by atomic mass is 32.1. The molecule has 2 N–H and O–H groups in total. The smallest absolute Gasteiger partial charge is 0.248 e. The van der Waals surface area contributed by atoms with Gasteiger partial charge in [0.25, 0.3) is 0 Å². The van der Waals surface area contributed by atoms with Gasteiger partial charge in [-0.15, -0.1) is 11.3 Å². The average Bonchev–Trinajstić information content (AvgIpc) is 3.11. The van der Waals surface area contributed by atoms with Crippen molar-refractivity contribution in [1.82, 2.24) is 9.97 Å². The van der Waals surface area contributed by atoms with Crippen molar-refractivity contribution >= 4 is 39.0 Å². The molecule has 0 aliphatic carbocycles. The minimum absolute atomic E-state index is 0.394. The van der Waals surface area contributed by atoms with Crippen LogP contribution in [0.5, 0.6) is 0 Å². The second-order valence-electron chi connectivity index (χ2n) is 5.72. The summed E-state index contributed by atoms with van der Waals surface area (Å²) in [5, 5.41) is 3.18. The zero-order valence-electron chi connectivity index (χ0n) is 13.1. The lowest BCUT2D eigenvalue weighted by molar-refractivity contribution is 0.100. The minimum atomic E-state index is -0.394. The molecule has 0 bridgehead atoms. The molecule has 1 aromatic carbocycles. The van der Waals surface area contributed by atoms with E-state index in [2.05, 4.69) is 31.2 Å². The Hall–Kier alpha value is -2.67. The number of amides is 1. The molecule has 6 nitrogen and oxygen atoms in total. The topological polar surface area (TPSA) is 75.4 Å². The third kappa shape index (κ3) is 2.67. The SMILES string of the molecule is NC(=O)c1ccc(N2CCN(c3ncnc4sccc34)CC2)cc1. The first-order valence-electron chi connectivity index (χ1n) is 7.80. The van der Waals surface area contributed by atoms with E-state index in [0.29, 0.717) is 5.56 Å². The van der Waals surface area contributed by atoms with E-state index in [4.69, 9.17) is 5.73 Å². The number of thiophene rings is 1. The fourth-order valence-corrected chi connectivity index (χ4v) is 3.77. The van der Waals surface area contributed by atoms with Crippen LogP contribution in [0.4, 0.5) is 11.5 Å². The van der Waals surface area contributed by atoms with Crippen LogP contribution in [-0.4, -0.2) is 42.1 Å². The molecule has 7 heteroatoms. The molecule has 3 heterocycles. The number of hydrogen-bond acceptors (Lipinski definition) is 6. The fraction of sp³-hybridized carbons (Fsp3) is 0.235. The number of carbonyl (C=O) groups excluding carboxylic acids is 1. The summed E-state index contributed by atoms with van der Waals surface area (Å²) in [6.07, 6.45) is 1.64. The molecule has 0 unspecified atom stereocenters. The number of piperazine rings is 1. The third-order valence-electron chi connectivity index (χ3n) is 4.34. The quantitative estimate of drug-likeness (QED) is 0.791. The molecule has 24 heavy (non-hydrogen) atoms. The molecule has 4 rings (SSSR count). The van der Waals surface area contributed by atoms with Gasteiger partial charge >= 0.3 is 0 Å². The standard InChI is InChI=1S/C17H17N5OS/c18-15(23)12-1-3-13(4-2-12)21-6-8-22(9-7-21)16-14-5-10-24-17(14)20-11-19-16/h1-5,10-11H,6-9H2,(H2,18,23). The van der Waals surface area contributed by atoms with Crippen LogP contribution >= 0.6 is 11.3 Å². The van der Waals surface area contributed by atoms with Gasteiger partial charge in [0.2, 0.25) is 5.91 Å². The Balaban J connectivity index is 1.48. The number of anilines is 2. The van der Waals surface area contributed by atoms with Crippen LogP contribution in [0.3, 0.4) is 0 Å². The van der Waals surface area contributed by atoms with Crippen molar-refractivity contribution in [1.29, 1.82) is 0 Å². The molecule has 1 amide bonds. The molecular weight excluding hydrogens is 322 g/mol.